The van der Waals surface area contributed by atoms with Crippen LogP contribution in [0.1, 0.15) is 0 Å². The van der Waals surface area contributed by atoms with Crippen molar-refractivity contribution in [1.29, 1.82) is 0 Å². The average Bonchev–Trinajstić information content (AvgIpc) is 2.44. The minimum atomic E-state index is -0.444. The van der Waals surface area contributed by atoms with Crippen molar-refractivity contribution in [1.82, 2.24) is 0 Å². The molecule has 0 aromatic heterocycles. The van der Waals surface area contributed by atoms with Gasteiger partial charge in [-0.25, -0.2) is 4.79 Å². The summed E-state index contributed by atoms with van der Waals surface area (Å²) < 4.78 is 10.4. The van der Waals surface area contributed by atoms with E-state index in [0.29, 0.717) is 6.61 Å². The van der Waals surface area contributed by atoms with Gasteiger partial charge in [-0.3, -0.25) is 0 Å². The molecule has 0 saturated carbocycles. The third-order valence-corrected chi connectivity index (χ3v) is 3.14. The molecule has 0 aliphatic rings. The zero-order valence-corrected chi connectivity index (χ0v) is 12.4. The average molecular weight is 368 g/mol. The summed E-state index contributed by atoms with van der Waals surface area (Å²) in [6.07, 6.45) is 1.14. The molecule has 1 unspecified atom stereocenters. The summed E-state index contributed by atoms with van der Waals surface area (Å²) in [6, 6.07) is 13.9. The molecular formula is C15H13IO3. The van der Waals surface area contributed by atoms with Crippen molar-refractivity contribution >= 4 is 39.3 Å². The number of hydrogen-bond acceptors (Lipinski definition) is 3. The summed E-state index contributed by atoms with van der Waals surface area (Å²) in [4.78, 5) is 11.0. The largest absolute Gasteiger partial charge is 0.488 e. The Balaban J connectivity index is 2.05. The molecule has 2 aromatic carbocycles. The lowest BCUT2D eigenvalue weighted by atomic mass is 10.1. The van der Waals surface area contributed by atoms with Gasteiger partial charge in [-0.05, 0) is 34.0 Å². The van der Waals surface area contributed by atoms with Crippen molar-refractivity contribution in [3.05, 3.63) is 55.1 Å². The van der Waals surface area contributed by atoms with E-state index in [0.717, 1.165) is 22.6 Å². The number of esters is 1. The number of fused-ring (bicyclic) bond motifs is 1. The molecule has 4 heteroatoms. The molecule has 0 N–H and O–H groups in total. The van der Waals surface area contributed by atoms with Crippen LogP contribution in [0.15, 0.2) is 55.1 Å². The highest BCUT2D eigenvalue weighted by atomic mass is 127. The molecule has 2 rings (SSSR count). The van der Waals surface area contributed by atoms with Gasteiger partial charge in [0.1, 0.15) is 12.4 Å². The molecule has 2 aromatic rings. The minimum absolute atomic E-state index is 0.300. The van der Waals surface area contributed by atoms with E-state index < -0.39 is 5.97 Å². The van der Waals surface area contributed by atoms with E-state index >= 15 is 0 Å². The fourth-order valence-electron chi connectivity index (χ4n) is 1.69. The van der Waals surface area contributed by atoms with Crippen molar-refractivity contribution < 1.29 is 14.3 Å². The van der Waals surface area contributed by atoms with Crippen LogP contribution in [0.4, 0.5) is 0 Å². The molecule has 0 spiro atoms. The first-order valence-electron chi connectivity index (χ1n) is 5.78. The number of benzene rings is 2. The lowest BCUT2D eigenvalue weighted by Gasteiger charge is -2.13. The van der Waals surface area contributed by atoms with Crippen molar-refractivity contribution in [3.8, 4) is 5.75 Å². The van der Waals surface area contributed by atoms with E-state index in [9.17, 15) is 4.79 Å². The summed E-state index contributed by atoms with van der Waals surface area (Å²) in [6.45, 7) is 3.65. The van der Waals surface area contributed by atoms with E-state index in [2.05, 4.69) is 6.58 Å². The number of hydrogen-bond donors (Lipinski definition) is 0. The predicted molar refractivity (Wildman–Crippen MR) is 83.5 cm³/mol. The molecule has 1 atom stereocenters. The second-order valence-electron chi connectivity index (χ2n) is 3.84. The van der Waals surface area contributed by atoms with Gasteiger partial charge in [-0.15, -0.1) is 0 Å². The van der Waals surface area contributed by atoms with Crippen LogP contribution in [-0.2, 0) is 9.53 Å². The van der Waals surface area contributed by atoms with Crippen LogP contribution in [0.2, 0.25) is 0 Å². The summed E-state index contributed by atoms with van der Waals surface area (Å²) in [7, 11) is 0. The highest BCUT2D eigenvalue weighted by Crippen LogP contribution is 2.25. The van der Waals surface area contributed by atoms with Crippen LogP contribution < -0.4 is 4.74 Å². The Bertz CT molecular complexity index is 589. The maximum Gasteiger partial charge on any atom is 0.331 e. The Hall–Kier alpha value is -1.56. The van der Waals surface area contributed by atoms with Gasteiger partial charge in [-0.1, -0.05) is 43.0 Å². The molecule has 0 aliphatic heterocycles. The number of alkyl halides is 1. The quantitative estimate of drug-likeness (QED) is 0.349. The topological polar surface area (TPSA) is 35.5 Å². The molecule has 0 aliphatic carbocycles. The standard InChI is InChI=1S/C15H13IO3/c1-2-15(17)19-14(16)10-18-13-9-5-7-11-6-3-4-8-12(11)13/h2-9,14H,1,10H2. The molecule has 0 fully saturated rings. The molecular weight excluding hydrogens is 355 g/mol. The van der Waals surface area contributed by atoms with E-state index in [1.54, 1.807) is 0 Å². The van der Waals surface area contributed by atoms with Crippen LogP contribution in [0.5, 0.6) is 5.75 Å². The fourth-order valence-corrected chi connectivity index (χ4v) is 2.12. The first-order chi connectivity index (χ1) is 9.20. The Morgan fingerprint density at radius 1 is 1.26 bits per heavy atom. The lowest BCUT2D eigenvalue weighted by molar-refractivity contribution is -0.139. The maximum atomic E-state index is 11.0. The first kappa shape index (κ1) is 13.9. The molecule has 19 heavy (non-hydrogen) atoms. The van der Waals surface area contributed by atoms with Crippen LogP contribution >= 0.6 is 22.6 Å². The zero-order chi connectivity index (χ0) is 13.7. The third kappa shape index (κ3) is 3.70. The minimum Gasteiger partial charge on any atom is -0.488 e. The van der Waals surface area contributed by atoms with Gasteiger partial charge in [0.15, 0.2) is 4.11 Å². The van der Waals surface area contributed by atoms with Gasteiger partial charge in [-0.2, -0.15) is 0 Å². The number of ether oxygens (including phenoxy) is 2. The number of carbonyl (C=O) groups is 1. The van der Waals surface area contributed by atoms with Gasteiger partial charge in [0.25, 0.3) is 0 Å². The van der Waals surface area contributed by atoms with Gasteiger partial charge < -0.3 is 9.47 Å². The van der Waals surface area contributed by atoms with Crippen molar-refractivity contribution in [2.24, 2.45) is 0 Å². The monoisotopic (exact) mass is 368 g/mol. The maximum absolute atomic E-state index is 11.0. The number of carbonyl (C=O) groups excluding carboxylic acids is 1. The van der Waals surface area contributed by atoms with Gasteiger partial charge in [0.2, 0.25) is 0 Å². The zero-order valence-electron chi connectivity index (χ0n) is 10.2. The second kappa shape index (κ2) is 6.56. The summed E-state index contributed by atoms with van der Waals surface area (Å²) >= 11 is 2.01. The second-order valence-corrected chi connectivity index (χ2v) is 5.23. The van der Waals surface area contributed by atoms with Crippen molar-refractivity contribution in [2.45, 2.75) is 4.11 Å². The summed E-state index contributed by atoms with van der Waals surface area (Å²) in [5.74, 6) is 0.343. The Morgan fingerprint density at radius 2 is 2.00 bits per heavy atom. The van der Waals surface area contributed by atoms with Crippen LogP contribution in [0.3, 0.4) is 0 Å². The summed E-state index contributed by atoms with van der Waals surface area (Å²) in [5, 5.41) is 2.16. The highest BCUT2D eigenvalue weighted by molar-refractivity contribution is 14.1. The van der Waals surface area contributed by atoms with E-state index in [1.807, 2.05) is 65.1 Å². The third-order valence-electron chi connectivity index (χ3n) is 2.53. The smallest absolute Gasteiger partial charge is 0.331 e. The van der Waals surface area contributed by atoms with E-state index in [4.69, 9.17) is 9.47 Å². The molecule has 0 amide bonds. The normalized spacial score (nSPS) is 11.8. The molecule has 3 nitrogen and oxygen atoms in total. The fraction of sp³-hybridized carbons (Fsp3) is 0.133. The molecule has 0 bridgehead atoms. The van der Waals surface area contributed by atoms with Gasteiger partial charge >= 0.3 is 5.97 Å². The Labute approximate surface area is 125 Å². The molecule has 0 radical (unpaired) electrons. The molecule has 0 saturated heterocycles. The predicted octanol–water partition coefficient (Wildman–Crippen LogP) is 3.71. The molecule has 98 valence electrons. The number of rotatable bonds is 5. The van der Waals surface area contributed by atoms with E-state index in [-0.39, 0.29) is 4.11 Å². The Kier molecular flexibility index (Phi) is 4.79. The lowest BCUT2D eigenvalue weighted by Crippen LogP contribution is -2.18. The van der Waals surface area contributed by atoms with Gasteiger partial charge in [0.05, 0.1) is 0 Å². The summed E-state index contributed by atoms with van der Waals surface area (Å²) in [5.41, 5.74) is 0. The van der Waals surface area contributed by atoms with E-state index in [1.165, 1.54) is 0 Å². The van der Waals surface area contributed by atoms with Crippen LogP contribution in [0.25, 0.3) is 10.8 Å². The molecule has 0 heterocycles. The van der Waals surface area contributed by atoms with Gasteiger partial charge in [0, 0.05) is 11.5 Å². The SMILES string of the molecule is C=CC(=O)OC(I)COc1cccc2ccccc12. The van der Waals surface area contributed by atoms with Crippen LogP contribution in [-0.4, -0.2) is 16.7 Å². The highest BCUT2D eigenvalue weighted by Gasteiger charge is 2.10. The first-order valence-corrected chi connectivity index (χ1v) is 7.03. The number of halogens is 1. The Morgan fingerprint density at radius 3 is 2.79 bits per heavy atom. The van der Waals surface area contributed by atoms with Crippen LogP contribution in [0, 0.1) is 0 Å². The van der Waals surface area contributed by atoms with Crippen molar-refractivity contribution in [3.63, 3.8) is 0 Å². The van der Waals surface area contributed by atoms with Crippen molar-refractivity contribution in [2.75, 3.05) is 6.61 Å².